The zero-order valence-corrected chi connectivity index (χ0v) is 24.3. The lowest BCUT2D eigenvalue weighted by atomic mass is 10.0. The van der Waals surface area contributed by atoms with Gasteiger partial charge in [-0.1, -0.05) is 23.4 Å². The second kappa shape index (κ2) is 12.4. The molecule has 1 fully saturated rings. The maximum Gasteiger partial charge on any atom is 0.262 e. The molecule has 1 aliphatic rings. The molecular formula is C31H30FN7O3S. The molecule has 0 aliphatic carbocycles. The molecule has 1 atom stereocenters. The molecule has 3 aromatic heterocycles. The van der Waals surface area contributed by atoms with Crippen molar-refractivity contribution in [1.29, 1.82) is 0 Å². The normalized spacial score (nSPS) is 15.0. The lowest BCUT2D eigenvalue weighted by Crippen LogP contribution is -2.49. The van der Waals surface area contributed by atoms with Gasteiger partial charge in [-0.2, -0.15) is 0 Å². The number of aromatic nitrogens is 4. The molecule has 1 saturated heterocycles. The Balaban J connectivity index is 1.36. The van der Waals surface area contributed by atoms with Crippen molar-refractivity contribution in [3.05, 3.63) is 83.9 Å². The Morgan fingerprint density at radius 3 is 2.67 bits per heavy atom. The van der Waals surface area contributed by atoms with Gasteiger partial charge in [-0.3, -0.25) is 19.2 Å². The number of benzene rings is 2. The van der Waals surface area contributed by atoms with E-state index in [0.717, 1.165) is 39.9 Å². The van der Waals surface area contributed by atoms with Gasteiger partial charge in [0.25, 0.3) is 11.8 Å². The number of aliphatic hydroxyl groups excluding tert-OH is 1. The van der Waals surface area contributed by atoms with Crippen molar-refractivity contribution >= 4 is 39.1 Å². The maximum atomic E-state index is 15.6. The van der Waals surface area contributed by atoms with Crippen LogP contribution < -0.4 is 15.5 Å². The monoisotopic (exact) mass is 599 g/mol. The van der Waals surface area contributed by atoms with Crippen molar-refractivity contribution in [1.82, 2.24) is 30.6 Å². The molecule has 0 radical (unpaired) electrons. The summed E-state index contributed by atoms with van der Waals surface area (Å²) in [5.74, 6) is -0.863. The highest BCUT2D eigenvalue weighted by atomic mass is 32.1. The number of amides is 2. The average Bonchev–Trinajstić information content (AvgIpc) is 3.67. The van der Waals surface area contributed by atoms with Crippen LogP contribution in [0.1, 0.15) is 33.6 Å². The van der Waals surface area contributed by atoms with Crippen LogP contribution in [-0.2, 0) is 7.05 Å². The van der Waals surface area contributed by atoms with Gasteiger partial charge in [0.15, 0.2) is 0 Å². The van der Waals surface area contributed by atoms with E-state index in [9.17, 15) is 9.59 Å². The van der Waals surface area contributed by atoms with E-state index in [0.29, 0.717) is 29.2 Å². The molecule has 12 heteroatoms. The molecule has 0 bridgehead atoms. The van der Waals surface area contributed by atoms with Crippen LogP contribution in [0, 0.1) is 5.82 Å². The van der Waals surface area contributed by atoms with Crippen molar-refractivity contribution in [2.24, 2.45) is 7.05 Å². The lowest BCUT2D eigenvalue weighted by molar-refractivity contribution is 0.0942. The van der Waals surface area contributed by atoms with Crippen LogP contribution >= 0.6 is 11.3 Å². The Hall–Kier alpha value is -4.52. The fraction of sp³-hybridized carbons (Fsp3) is 0.258. The van der Waals surface area contributed by atoms with E-state index < -0.39 is 11.7 Å². The second-order valence-electron chi connectivity index (χ2n) is 10.4. The van der Waals surface area contributed by atoms with E-state index in [4.69, 9.17) is 5.11 Å². The number of anilines is 1. The van der Waals surface area contributed by atoms with Crippen LogP contribution in [-0.4, -0.2) is 69.2 Å². The largest absolute Gasteiger partial charge is 0.395 e. The number of nitrogens with one attached hydrogen (secondary N) is 2. The molecule has 10 nitrogen and oxygen atoms in total. The summed E-state index contributed by atoms with van der Waals surface area (Å²) >= 11 is 1.55. The number of thiophene rings is 1. The van der Waals surface area contributed by atoms with Gasteiger partial charge in [0.1, 0.15) is 17.3 Å². The van der Waals surface area contributed by atoms with Gasteiger partial charge in [0.05, 0.1) is 24.4 Å². The summed E-state index contributed by atoms with van der Waals surface area (Å²) < 4.78 is 18.0. The molecule has 2 amide bonds. The number of fused-ring (bicyclic) bond motifs is 1. The molecular weight excluding hydrogens is 569 g/mol. The number of pyridine rings is 1. The van der Waals surface area contributed by atoms with Crippen LogP contribution in [0.3, 0.4) is 0 Å². The Morgan fingerprint density at radius 2 is 1.98 bits per heavy atom. The first-order chi connectivity index (χ1) is 20.9. The van der Waals surface area contributed by atoms with E-state index in [1.54, 1.807) is 53.9 Å². The Morgan fingerprint density at radius 1 is 1.16 bits per heavy atom. The van der Waals surface area contributed by atoms with Crippen LogP contribution in [0.2, 0.25) is 0 Å². The number of hydrogen-bond donors (Lipinski definition) is 3. The molecule has 4 heterocycles. The number of carbonyl (C=O) groups excluding carboxylic acids is 2. The van der Waals surface area contributed by atoms with E-state index in [2.05, 4.69) is 25.9 Å². The highest BCUT2D eigenvalue weighted by Crippen LogP contribution is 2.39. The van der Waals surface area contributed by atoms with Crippen molar-refractivity contribution in [3.63, 3.8) is 0 Å². The van der Waals surface area contributed by atoms with Gasteiger partial charge in [-0.05, 0) is 61.3 Å². The summed E-state index contributed by atoms with van der Waals surface area (Å²) in [6.45, 7) is 1.49. The Kier molecular flexibility index (Phi) is 8.23. The number of aliphatic hydroxyl groups is 1. The van der Waals surface area contributed by atoms with Crippen molar-refractivity contribution in [3.8, 4) is 21.7 Å². The molecule has 1 aliphatic heterocycles. The first-order valence-corrected chi connectivity index (χ1v) is 14.8. The summed E-state index contributed by atoms with van der Waals surface area (Å²) in [7, 11) is 1.73. The lowest BCUT2D eigenvalue weighted by Gasteiger charge is -2.34. The molecule has 6 rings (SSSR count). The first kappa shape index (κ1) is 28.6. The molecule has 220 valence electrons. The first-order valence-electron chi connectivity index (χ1n) is 14.0. The quantitative estimate of drug-likeness (QED) is 0.246. The minimum absolute atomic E-state index is 0.0393. The fourth-order valence-corrected chi connectivity index (χ4v) is 6.34. The molecule has 43 heavy (non-hydrogen) atoms. The van der Waals surface area contributed by atoms with Gasteiger partial charge in [0, 0.05) is 52.4 Å². The number of nitrogens with zero attached hydrogens (tertiary/aromatic N) is 5. The number of hydrogen-bond acceptors (Lipinski definition) is 8. The number of halogens is 1. The van der Waals surface area contributed by atoms with E-state index >= 15 is 4.39 Å². The van der Waals surface area contributed by atoms with Gasteiger partial charge in [-0.25, -0.2) is 9.37 Å². The zero-order valence-electron chi connectivity index (χ0n) is 23.5. The summed E-state index contributed by atoms with van der Waals surface area (Å²) in [6, 6.07) is 15.4. The third-order valence-electron chi connectivity index (χ3n) is 7.43. The van der Waals surface area contributed by atoms with E-state index in [-0.39, 0.29) is 30.7 Å². The highest BCUT2D eigenvalue weighted by Gasteiger charge is 2.32. The van der Waals surface area contributed by atoms with E-state index in [1.807, 2.05) is 24.3 Å². The fourth-order valence-electron chi connectivity index (χ4n) is 5.29. The number of piperidine rings is 1. The topological polar surface area (TPSA) is 125 Å². The molecule has 2 aromatic carbocycles. The minimum atomic E-state index is -0.636. The van der Waals surface area contributed by atoms with Gasteiger partial charge >= 0.3 is 0 Å². The van der Waals surface area contributed by atoms with Crippen molar-refractivity contribution in [2.75, 3.05) is 31.1 Å². The van der Waals surface area contributed by atoms with Crippen molar-refractivity contribution < 1.29 is 19.1 Å². The molecule has 0 spiro atoms. The smallest absolute Gasteiger partial charge is 0.262 e. The Labute approximate surface area is 251 Å². The Bertz CT molecular complexity index is 1780. The molecule has 5 aromatic rings. The van der Waals surface area contributed by atoms with Crippen LogP contribution in [0.25, 0.3) is 31.8 Å². The van der Waals surface area contributed by atoms with E-state index in [1.165, 1.54) is 16.8 Å². The van der Waals surface area contributed by atoms with Crippen LogP contribution in [0.5, 0.6) is 0 Å². The van der Waals surface area contributed by atoms with Crippen LogP contribution in [0.15, 0.2) is 67.0 Å². The molecule has 3 N–H and O–H groups in total. The van der Waals surface area contributed by atoms with Crippen LogP contribution in [0.4, 0.5) is 10.2 Å². The van der Waals surface area contributed by atoms with Gasteiger partial charge < -0.3 is 15.7 Å². The average molecular weight is 600 g/mol. The third kappa shape index (κ3) is 5.89. The number of rotatable bonds is 8. The van der Waals surface area contributed by atoms with Gasteiger partial charge in [0.2, 0.25) is 0 Å². The SMILES string of the molecule is Cn1cc(-c2ccc(C(=O)N(c3nccc4sc(-c5ccc(C(=O)NCCO)cc5)cc34)[C@@H]3CCCNC3)c(F)c2)nn1. The number of carbonyl (C=O) groups is 2. The van der Waals surface area contributed by atoms with Gasteiger partial charge in [-0.15, -0.1) is 16.4 Å². The predicted molar refractivity (Wildman–Crippen MR) is 164 cm³/mol. The standard InChI is InChI=1S/C31H30FN7O3S/c1-38-18-26(36-37-38)21-8-9-23(25(32)15-21)31(42)39(22-3-2-11-33-17-22)29-24-16-28(43-27(24)10-12-34-29)19-4-6-20(7-5-19)30(41)35-13-14-40/h4-10,12,15-16,18,22,33,40H,2-3,11,13-14,17H2,1H3,(H,35,41)/t22-/m1/s1. The minimum Gasteiger partial charge on any atom is -0.395 e. The summed E-state index contributed by atoms with van der Waals surface area (Å²) in [6.07, 6.45) is 5.00. The summed E-state index contributed by atoms with van der Waals surface area (Å²) in [5, 5.41) is 23.7. The predicted octanol–water partition coefficient (Wildman–Crippen LogP) is 4.02. The third-order valence-corrected chi connectivity index (χ3v) is 8.58. The molecule has 0 unspecified atom stereocenters. The molecule has 0 saturated carbocycles. The van der Waals surface area contributed by atoms with Crippen molar-refractivity contribution in [2.45, 2.75) is 18.9 Å². The highest BCUT2D eigenvalue weighted by molar-refractivity contribution is 7.22. The zero-order chi connectivity index (χ0) is 29.9. The summed E-state index contributed by atoms with van der Waals surface area (Å²) in [4.78, 5) is 33.7. The number of aryl methyl sites for hydroxylation is 1. The second-order valence-corrected chi connectivity index (χ2v) is 11.4. The summed E-state index contributed by atoms with van der Waals surface area (Å²) in [5.41, 5.74) is 2.42. The maximum absolute atomic E-state index is 15.6.